The molecule has 1 aliphatic heterocycles. The van der Waals surface area contributed by atoms with Gasteiger partial charge in [-0.25, -0.2) is 0 Å². The predicted octanol–water partition coefficient (Wildman–Crippen LogP) is -0.0634. The van der Waals surface area contributed by atoms with Crippen molar-refractivity contribution < 1.29 is 19.7 Å². The number of rotatable bonds is 4. The zero-order valence-electron chi connectivity index (χ0n) is 8.27. The Balaban J connectivity index is 2.36. The van der Waals surface area contributed by atoms with Crippen LogP contribution in [0, 0.1) is 0 Å². The first-order valence-electron chi connectivity index (χ1n) is 4.83. The fraction of sp³-hybridized carbons (Fsp3) is 0.889. The number of carboxylic acid groups (broad SMARTS) is 1. The summed E-state index contributed by atoms with van der Waals surface area (Å²) in [5.41, 5.74) is 0. The van der Waals surface area contributed by atoms with E-state index in [1.54, 1.807) is 0 Å². The number of aliphatic hydroxyl groups excluding tert-OH is 1. The lowest BCUT2D eigenvalue weighted by molar-refractivity contribution is -0.141. The molecule has 5 heteroatoms. The van der Waals surface area contributed by atoms with Gasteiger partial charge in [0.25, 0.3) is 0 Å². The molecule has 1 heterocycles. The lowest BCUT2D eigenvalue weighted by atomic mass is 9.96. The number of nitrogens with one attached hydrogen (secondary N) is 1. The van der Waals surface area contributed by atoms with Crippen LogP contribution in [0.1, 0.15) is 25.7 Å². The Bertz CT molecular complexity index is 197. The standard InChI is InChI=1S/C9H17NO4/c1-14-8(11)5-6-3-2-4-7(10-6)9(12)13/h6-8,10-11H,2-5H2,1H3,(H,12,13)/t6-,7+,8?/m1/s1. The van der Waals surface area contributed by atoms with Gasteiger partial charge in [0.05, 0.1) is 0 Å². The van der Waals surface area contributed by atoms with Crippen molar-refractivity contribution >= 4 is 5.97 Å². The molecule has 0 bridgehead atoms. The zero-order chi connectivity index (χ0) is 10.6. The molecule has 0 saturated carbocycles. The fourth-order valence-electron chi connectivity index (χ4n) is 1.74. The summed E-state index contributed by atoms with van der Waals surface area (Å²) in [7, 11) is 1.43. The third-order valence-corrected chi connectivity index (χ3v) is 2.54. The molecule has 1 fully saturated rings. The maximum absolute atomic E-state index is 10.7. The maximum atomic E-state index is 10.7. The molecule has 0 aliphatic carbocycles. The second kappa shape index (κ2) is 5.29. The number of ether oxygens (including phenoxy) is 1. The van der Waals surface area contributed by atoms with Gasteiger partial charge < -0.3 is 20.3 Å². The predicted molar refractivity (Wildman–Crippen MR) is 49.8 cm³/mol. The highest BCUT2D eigenvalue weighted by Gasteiger charge is 2.27. The minimum atomic E-state index is -0.818. The molecule has 1 saturated heterocycles. The molecule has 82 valence electrons. The number of piperidine rings is 1. The van der Waals surface area contributed by atoms with Gasteiger partial charge in [0.15, 0.2) is 6.29 Å². The molecular formula is C9H17NO4. The van der Waals surface area contributed by atoms with Crippen molar-refractivity contribution in [3.8, 4) is 0 Å². The molecule has 3 atom stereocenters. The Kier molecular flexibility index (Phi) is 4.31. The first-order valence-corrected chi connectivity index (χ1v) is 4.83. The molecule has 1 aliphatic rings. The number of methoxy groups -OCH3 is 1. The normalized spacial score (nSPS) is 29.9. The summed E-state index contributed by atoms with van der Waals surface area (Å²) in [4.78, 5) is 10.7. The summed E-state index contributed by atoms with van der Waals surface area (Å²) in [6.45, 7) is 0. The molecule has 0 spiro atoms. The van der Waals surface area contributed by atoms with Gasteiger partial charge in [-0.3, -0.25) is 4.79 Å². The maximum Gasteiger partial charge on any atom is 0.320 e. The zero-order valence-corrected chi connectivity index (χ0v) is 8.27. The Morgan fingerprint density at radius 2 is 2.36 bits per heavy atom. The summed E-state index contributed by atoms with van der Waals surface area (Å²) >= 11 is 0. The van der Waals surface area contributed by atoms with E-state index in [1.165, 1.54) is 7.11 Å². The molecule has 1 unspecified atom stereocenters. The molecule has 0 amide bonds. The van der Waals surface area contributed by atoms with Crippen molar-refractivity contribution in [2.45, 2.75) is 44.1 Å². The topological polar surface area (TPSA) is 78.8 Å². The number of carbonyl (C=O) groups is 1. The van der Waals surface area contributed by atoms with Crippen LogP contribution in [0.15, 0.2) is 0 Å². The number of aliphatic carboxylic acids is 1. The number of hydrogen-bond donors (Lipinski definition) is 3. The van der Waals surface area contributed by atoms with Gasteiger partial charge in [0.1, 0.15) is 6.04 Å². The minimum Gasteiger partial charge on any atom is -0.480 e. The monoisotopic (exact) mass is 203 g/mol. The lowest BCUT2D eigenvalue weighted by Crippen LogP contribution is -2.47. The van der Waals surface area contributed by atoms with E-state index in [9.17, 15) is 9.90 Å². The van der Waals surface area contributed by atoms with Gasteiger partial charge in [-0.1, -0.05) is 0 Å². The highest BCUT2D eigenvalue weighted by molar-refractivity contribution is 5.73. The highest BCUT2D eigenvalue weighted by atomic mass is 16.6. The van der Waals surface area contributed by atoms with Crippen molar-refractivity contribution in [3.63, 3.8) is 0 Å². The molecule has 0 aromatic rings. The van der Waals surface area contributed by atoms with Crippen molar-refractivity contribution in [2.75, 3.05) is 7.11 Å². The third kappa shape index (κ3) is 3.25. The van der Waals surface area contributed by atoms with Gasteiger partial charge >= 0.3 is 5.97 Å². The van der Waals surface area contributed by atoms with E-state index in [0.29, 0.717) is 12.8 Å². The first kappa shape index (κ1) is 11.4. The Morgan fingerprint density at radius 3 is 2.93 bits per heavy atom. The number of hydrogen-bond acceptors (Lipinski definition) is 4. The van der Waals surface area contributed by atoms with Crippen LogP contribution in [0.5, 0.6) is 0 Å². The van der Waals surface area contributed by atoms with Crippen LogP contribution in [0.25, 0.3) is 0 Å². The summed E-state index contributed by atoms with van der Waals surface area (Å²) in [6, 6.07) is -0.433. The van der Waals surface area contributed by atoms with Gasteiger partial charge in [0.2, 0.25) is 0 Å². The van der Waals surface area contributed by atoms with Crippen molar-refractivity contribution in [2.24, 2.45) is 0 Å². The summed E-state index contributed by atoms with van der Waals surface area (Å²) in [5, 5.41) is 21.0. The lowest BCUT2D eigenvalue weighted by Gasteiger charge is -2.29. The van der Waals surface area contributed by atoms with Gasteiger partial charge in [-0.15, -0.1) is 0 Å². The van der Waals surface area contributed by atoms with E-state index < -0.39 is 18.3 Å². The Hall–Kier alpha value is -0.650. The van der Waals surface area contributed by atoms with Crippen molar-refractivity contribution in [1.29, 1.82) is 0 Å². The van der Waals surface area contributed by atoms with Crippen LogP contribution in [0.2, 0.25) is 0 Å². The summed E-state index contributed by atoms with van der Waals surface area (Å²) in [5.74, 6) is -0.818. The summed E-state index contributed by atoms with van der Waals surface area (Å²) in [6.07, 6.45) is 2.07. The second-order valence-corrected chi connectivity index (χ2v) is 3.61. The largest absolute Gasteiger partial charge is 0.480 e. The molecule has 0 aromatic carbocycles. The first-order chi connectivity index (χ1) is 6.63. The van der Waals surface area contributed by atoms with Gasteiger partial charge in [0, 0.05) is 19.6 Å². The van der Waals surface area contributed by atoms with Crippen molar-refractivity contribution in [1.82, 2.24) is 5.32 Å². The number of aliphatic hydroxyl groups is 1. The molecule has 0 aromatic heterocycles. The third-order valence-electron chi connectivity index (χ3n) is 2.54. The Morgan fingerprint density at radius 1 is 1.64 bits per heavy atom. The summed E-state index contributed by atoms with van der Waals surface area (Å²) < 4.78 is 4.72. The molecule has 14 heavy (non-hydrogen) atoms. The Labute approximate surface area is 83.1 Å². The van der Waals surface area contributed by atoms with Gasteiger partial charge in [-0.2, -0.15) is 0 Å². The van der Waals surface area contributed by atoms with Crippen LogP contribution in [0.4, 0.5) is 0 Å². The molecule has 0 radical (unpaired) electrons. The number of carboxylic acids is 1. The highest BCUT2D eigenvalue weighted by Crippen LogP contribution is 2.16. The quantitative estimate of drug-likeness (QED) is 0.558. The van der Waals surface area contributed by atoms with E-state index in [1.807, 2.05) is 0 Å². The van der Waals surface area contributed by atoms with Gasteiger partial charge in [-0.05, 0) is 19.3 Å². The SMILES string of the molecule is COC(O)C[C@H]1CCC[C@@H](C(=O)O)N1. The molecule has 1 rings (SSSR count). The average molecular weight is 203 g/mol. The van der Waals surface area contributed by atoms with Crippen LogP contribution in [-0.4, -0.2) is 41.7 Å². The van der Waals surface area contributed by atoms with E-state index >= 15 is 0 Å². The van der Waals surface area contributed by atoms with Crippen LogP contribution in [0.3, 0.4) is 0 Å². The second-order valence-electron chi connectivity index (χ2n) is 3.61. The van der Waals surface area contributed by atoms with Crippen LogP contribution in [-0.2, 0) is 9.53 Å². The minimum absolute atomic E-state index is 0.0415. The molecular weight excluding hydrogens is 186 g/mol. The molecule has 3 N–H and O–H groups in total. The average Bonchev–Trinajstić information content (AvgIpc) is 2.18. The molecule has 5 nitrogen and oxygen atoms in total. The van der Waals surface area contributed by atoms with E-state index in [-0.39, 0.29) is 6.04 Å². The van der Waals surface area contributed by atoms with Crippen LogP contribution >= 0.6 is 0 Å². The van der Waals surface area contributed by atoms with E-state index in [0.717, 1.165) is 12.8 Å². The smallest absolute Gasteiger partial charge is 0.320 e. The van der Waals surface area contributed by atoms with Crippen molar-refractivity contribution in [3.05, 3.63) is 0 Å². The van der Waals surface area contributed by atoms with E-state index in [2.05, 4.69) is 5.32 Å². The van der Waals surface area contributed by atoms with E-state index in [4.69, 9.17) is 9.84 Å². The van der Waals surface area contributed by atoms with Crippen LogP contribution < -0.4 is 5.32 Å². The fourth-order valence-corrected chi connectivity index (χ4v) is 1.74.